The molecule has 108 valence electrons. The highest BCUT2D eigenvalue weighted by molar-refractivity contribution is 7.09. The van der Waals surface area contributed by atoms with Crippen molar-refractivity contribution in [2.24, 2.45) is 5.41 Å². The molecule has 1 aliphatic heterocycles. The molecule has 0 aromatic carbocycles. The minimum Gasteiger partial charge on any atom is -0.326 e. The second kappa shape index (κ2) is 6.41. The van der Waals surface area contributed by atoms with Gasteiger partial charge in [0.05, 0.1) is 6.07 Å². The predicted molar refractivity (Wildman–Crippen MR) is 81.4 cm³/mol. The van der Waals surface area contributed by atoms with Crippen molar-refractivity contribution in [1.82, 2.24) is 4.90 Å². The first-order valence-corrected chi connectivity index (χ1v) is 8.14. The molecule has 2 rings (SSSR count). The van der Waals surface area contributed by atoms with Crippen LogP contribution in [0.5, 0.6) is 0 Å². The fourth-order valence-corrected chi connectivity index (χ4v) is 3.67. The molecule has 0 saturated carbocycles. The smallest absolute Gasteiger partial charge is 0.223 e. The highest BCUT2D eigenvalue weighted by Gasteiger charge is 2.39. The van der Waals surface area contributed by atoms with Crippen molar-refractivity contribution in [3.8, 4) is 6.07 Å². The second-order valence-electron chi connectivity index (χ2n) is 6.14. The van der Waals surface area contributed by atoms with Crippen LogP contribution in [-0.4, -0.2) is 23.4 Å². The van der Waals surface area contributed by atoms with Gasteiger partial charge in [-0.3, -0.25) is 4.79 Å². The van der Waals surface area contributed by atoms with E-state index in [2.05, 4.69) is 31.4 Å². The quantitative estimate of drug-likeness (QED) is 0.850. The lowest BCUT2D eigenvalue weighted by molar-refractivity contribution is -0.136. The average Bonchev–Trinajstić information content (AvgIpc) is 2.90. The number of hydrogen-bond donors (Lipinski definition) is 0. The predicted octanol–water partition coefficient (Wildman–Crippen LogP) is 3.61. The Morgan fingerprint density at radius 1 is 1.60 bits per heavy atom. The van der Waals surface area contributed by atoms with E-state index in [1.807, 2.05) is 6.07 Å². The summed E-state index contributed by atoms with van der Waals surface area (Å²) in [6.45, 7) is 4.91. The van der Waals surface area contributed by atoms with Crippen LogP contribution in [0.2, 0.25) is 0 Å². The molecule has 0 unspecified atom stereocenters. The highest BCUT2D eigenvalue weighted by Crippen LogP contribution is 2.35. The molecule has 0 spiro atoms. The van der Waals surface area contributed by atoms with Gasteiger partial charge in [0, 0.05) is 17.8 Å². The summed E-state index contributed by atoms with van der Waals surface area (Å²) in [5, 5.41) is 11.4. The number of carbonyl (C=O) groups is 1. The summed E-state index contributed by atoms with van der Waals surface area (Å²) in [7, 11) is 0. The number of likely N-dealkylation sites (tertiary alicyclic amines) is 1. The third-order valence-electron chi connectivity index (χ3n) is 4.11. The van der Waals surface area contributed by atoms with Crippen LogP contribution in [0.1, 0.15) is 44.4 Å². The molecule has 1 aliphatic rings. The van der Waals surface area contributed by atoms with Crippen molar-refractivity contribution in [1.29, 1.82) is 5.26 Å². The van der Waals surface area contributed by atoms with Gasteiger partial charge in [0.15, 0.2) is 0 Å². The molecular formula is C16H22N2OS. The van der Waals surface area contributed by atoms with Gasteiger partial charge in [-0.1, -0.05) is 19.9 Å². The molecule has 1 atom stereocenters. The van der Waals surface area contributed by atoms with Crippen LogP contribution in [0.25, 0.3) is 0 Å². The monoisotopic (exact) mass is 290 g/mol. The molecule has 1 aromatic rings. The Morgan fingerprint density at radius 2 is 2.40 bits per heavy atom. The van der Waals surface area contributed by atoms with Crippen molar-refractivity contribution < 1.29 is 4.79 Å². The van der Waals surface area contributed by atoms with E-state index in [9.17, 15) is 10.1 Å². The number of rotatable bonds is 4. The number of aryl methyl sites for hydroxylation is 1. The Kier molecular flexibility index (Phi) is 4.82. The number of hydrogen-bond acceptors (Lipinski definition) is 3. The average molecular weight is 290 g/mol. The standard InChI is InChI=1S/C16H22N2OS/c1-16(2)9-5-10-18(14(16)12-17)15(19)8-3-6-13-7-4-11-20-13/h4,7,11,14H,3,5-6,8-10H2,1-2H3/t14-/m0/s1. The van der Waals surface area contributed by atoms with E-state index >= 15 is 0 Å². The van der Waals surface area contributed by atoms with Gasteiger partial charge < -0.3 is 4.90 Å². The lowest BCUT2D eigenvalue weighted by Crippen LogP contribution is -2.51. The molecule has 2 heterocycles. The molecule has 0 bridgehead atoms. The molecule has 1 saturated heterocycles. The summed E-state index contributed by atoms with van der Waals surface area (Å²) in [6.07, 6.45) is 4.39. The number of nitriles is 1. The van der Waals surface area contributed by atoms with Crippen LogP contribution in [0, 0.1) is 16.7 Å². The number of nitrogens with zero attached hydrogens (tertiary/aromatic N) is 2. The maximum Gasteiger partial charge on any atom is 0.223 e. The maximum absolute atomic E-state index is 12.4. The molecule has 20 heavy (non-hydrogen) atoms. The van der Waals surface area contributed by atoms with Gasteiger partial charge in [0.25, 0.3) is 0 Å². The lowest BCUT2D eigenvalue weighted by atomic mass is 9.77. The van der Waals surface area contributed by atoms with Crippen molar-refractivity contribution in [3.05, 3.63) is 22.4 Å². The van der Waals surface area contributed by atoms with Crippen LogP contribution in [-0.2, 0) is 11.2 Å². The van der Waals surface area contributed by atoms with E-state index in [1.165, 1.54) is 4.88 Å². The van der Waals surface area contributed by atoms with E-state index in [-0.39, 0.29) is 17.4 Å². The first-order chi connectivity index (χ1) is 9.54. The summed E-state index contributed by atoms with van der Waals surface area (Å²) in [5.74, 6) is 0.140. The summed E-state index contributed by atoms with van der Waals surface area (Å²) in [6, 6.07) is 6.21. The topological polar surface area (TPSA) is 44.1 Å². The summed E-state index contributed by atoms with van der Waals surface area (Å²) in [4.78, 5) is 15.5. The minimum atomic E-state index is -0.273. The van der Waals surface area contributed by atoms with Gasteiger partial charge in [-0.2, -0.15) is 5.26 Å². The maximum atomic E-state index is 12.4. The zero-order valence-corrected chi connectivity index (χ0v) is 13.1. The van der Waals surface area contributed by atoms with E-state index in [1.54, 1.807) is 16.2 Å². The van der Waals surface area contributed by atoms with Gasteiger partial charge in [0.1, 0.15) is 6.04 Å². The zero-order valence-electron chi connectivity index (χ0n) is 12.3. The molecule has 0 radical (unpaired) electrons. The summed E-state index contributed by atoms with van der Waals surface area (Å²) >= 11 is 1.74. The third kappa shape index (κ3) is 3.40. The van der Waals surface area contributed by atoms with Crippen molar-refractivity contribution >= 4 is 17.2 Å². The Bertz CT molecular complexity index is 487. The third-order valence-corrected chi connectivity index (χ3v) is 5.04. The Hall–Kier alpha value is -1.34. The van der Waals surface area contributed by atoms with Crippen molar-refractivity contribution in [2.45, 2.75) is 52.0 Å². The van der Waals surface area contributed by atoms with Crippen molar-refractivity contribution in [3.63, 3.8) is 0 Å². The molecule has 3 nitrogen and oxygen atoms in total. The molecule has 0 aliphatic carbocycles. The second-order valence-corrected chi connectivity index (χ2v) is 7.18. The zero-order chi connectivity index (χ0) is 14.6. The van der Waals surface area contributed by atoms with Gasteiger partial charge in [0.2, 0.25) is 5.91 Å². The molecule has 4 heteroatoms. The Balaban J connectivity index is 1.89. The van der Waals surface area contributed by atoms with E-state index < -0.39 is 0 Å². The molecular weight excluding hydrogens is 268 g/mol. The van der Waals surface area contributed by atoms with Crippen LogP contribution in [0.3, 0.4) is 0 Å². The van der Waals surface area contributed by atoms with Crippen LogP contribution >= 0.6 is 11.3 Å². The fourth-order valence-electron chi connectivity index (χ4n) is 2.92. The summed E-state index contributed by atoms with van der Waals surface area (Å²) < 4.78 is 0. The minimum absolute atomic E-state index is 0.0869. The Morgan fingerprint density at radius 3 is 3.05 bits per heavy atom. The number of amides is 1. The van der Waals surface area contributed by atoms with Crippen LogP contribution < -0.4 is 0 Å². The van der Waals surface area contributed by atoms with Crippen LogP contribution in [0.4, 0.5) is 0 Å². The van der Waals surface area contributed by atoms with E-state index in [0.717, 1.165) is 32.2 Å². The highest BCUT2D eigenvalue weighted by atomic mass is 32.1. The van der Waals surface area contributed by atoms with Gasteiger partial charge in [-0.05, 0) is 42.5 Å². The van der Waals surface area contributed by atoms with E-state index in [0.29, 0.717) is 6.42 Å². The molecule has 0 N–H and O–H groups in total. The Labute approximate surface area is 125 Å². The van der Waals surface area contributed by atoms with Crippen LogP contribution in [0.15, 0.2) is 17.5 Å². The normalized spacial score (nSPS) is 21.4. The largest absolute Gasteiger partial charge is 0.326 e. The van der Waals surface area contributed by atoms with Gasteiger partial charge in [-0.15, -0.1) is 11.3 Å². The van der Waals surface area contributed by atoms with Gasteiger partial charge in [-0.25, -0.2) is 0 Å². The summed E-state index contributed by atoms with van der Waals surface area (Å²) in [5.41, 5.74) is -0.0869. The SMILES string of the molecule is CC1(C)CCCN(C(=O)CCCc2cccs2)[C@H]1C#N. The lowest BCUT2D eigenvalue weighted by Gasteiger charge is -2.42. The molecule has 1 amide bonds. The number of thiophene rings is 1. The molecule has 1 aromatic heterocycles. The molecule has 1 fully saturated rings. The number of carbonyl (C=O) groups excluding carboxylic acids is 1. The first-order valence-electron chi connectivity index (χ1n) is 7.26. The van der Waals surface area contributed by atoms with Gasteiger partial charge >= 0.3 is 0 Å². The van der Waals surface area contributed by atoms with E-state index in [4.69, 9.17) is 0 Å². The first kappa shape index (κ1) is 15.1. The van der Waals surface area contributed by atoms with Crippen molar-refractivity contribution in [2.75, 3.05) is 6.54 Å². The fraction of sp³-hybridized carbons (Fsp3) is 0.625. The number of piperidine rings is 1.